The molecule has 1 amide bonds. The number of benzene rings is 1. The molecular weight excluding hydrogens is 310 g/mol. The lowest BCUT2D eigenvalue weighted by Gasteiger charge is -2.31. The zero-order valence-corrected chi connectivity index (χ0v) is 15.6. The van der Waals surface area contributed by atoms with Gasteiger partial charge in [0.25, 0.3) is 0 Å². The highest BCUT2D eigenvalue weighted by atomic mass is 16.1. The molecule has 0 bridgehead atoms. The first-order valence-corrected chi connectivity index (χ1v) is 9.39. The molecule has 0 spiro atoms. The molecule has 1 aliphatic carbocycles. The summed E-state index contributed by atoms with van der Waals surface area (Å²) >= 11 is 0. The van der Waals surface area contributed by atoms with Crippen molar-refractivity contribution in [2.75, 3.05) is 0 Å². The van der Waals surface area contributed by atoms with Gasteiger partial charge in [-0.2, -0.15) is 5.10 Å². The molecule has 4 nitrogen and oxygen atoms in total. The van der Waals surface area contributed by atoms with Gasteiger partial charge < -0.3 is 5.32 Å². The number of carbonyl (C=O) groups excluding carboxylic acids is 1. The molecule has 1 atom stereocenters. The van der Waals surface area contributed by atoms with E-state index >= 15 is 0 Å². The quantitative estimate of drug-likeness (QED) is 0.894. The van der Waals surface area contributed by atoms with E-state index in [1.54, 1.807) is 0 Å². The molecule has 1 fully saturated rings. The molecule has 1 aliphatic rings. The standard InChI is InChI=1S/C21H29N3O/c1-15-19(16(2)24(3)23-15)14-20(25)22-21(17-10-6-4-7-11-17)18-12-8-5-9-13-18/h4,6-7,10-11,18,21H,5,8-9,12-14H2,1-3H3,(H,22,25). The van der Waals surface area contributed by atoms with Crippen LogP contribution in [0.25, 0.3) is 0 Å². The van der Waals surface area contributed by atoms with Crippen molar-refractivity contribution in [1.82, 2.24) is 15.1 Å². The predicted molar refractivity (Wildman–Crippen MR) is 100 cm³/mol. The van der Waals surface area contributed by atoms with Gasteiger partial charge in [0.2, 0.25) is 5.91 Å². The Morgan fingerprint density at radius 2 is 1.88 bits per heavy atom. The lowest BCUT2D eigenvalue weighted by Crippen LogP contribution is -2.35. The van der Waals surface area contributed by atoms with Crippen LogP contribution in [0, 0.1) is 19.8 Å². The fourth-order valence-electron chi connectivity index (χ4n) is 4.06. The third-order valence-corrected chi connectivity index (χ3v) is 5.59. The van der Waals surface area contributed by atoms with Crippen LogP contribution in [0.15, 0.2) is 30.3 Å². The number of nitrogens with zero attached hydrogens (tertiary/aromatic N) is 2. The van der Waals surface area contributed by atoms with Crippen molar-refractivity contribution in [2.24, 2.45) is 13.0 Å². The summed E-state index contributed by atoms with van der Waals surface area (Å²) in [7, 11) is 1.93. The Balaban J connectivity index is 1.76. The maximum atomic E-state index is 12.8. The average Bonchev–Trinajstić information content (AvgIpc) is 2.87. The Morgan fingerprint density at radius 3 is 2.48 bits per heavy atom. The minimum absolute atomic E-state index is 0.0960. The molecule has 2 aromatic rings. The van der Waals surface area contributed by atoms with Crippen molar-refractivity contribution in [1.29, 1.82) is 0 Å². The van der Waals surface area contributed by atoms with Gasteiger partial charge in [0.15, 0.2) is 0 Å². The van der Waals surface area contributed by atoms with E-state index in [0.717, 1.165) is 17.0 Å². The Labute approximate surface area is 150 Å². The van der Waals surface area contributed by atoms with Gasteiger partial charge >= 0.3 is 0 Å². The fourth-order valence-corrected chi connectivity index (χ4v) is 4.06. The van der Waals surface area contributed by atoms with Crippen LogP contribution < -0.4 is 5.32 Å². The number of hydrogen-bond donors (Lipinski definition) is 1. The highest BCUT2D eigenvalue weighted by Gasteiger charge is 2.27. The Hall–Kier alpha value is -2.10. The molecule has 1 N–H and O–H groups in total. The smallest absolute Gasteiger partial charge is 0.225 e. The number of carbonyl (C=O) groups is 1. The Bertz CT molecular complexity index is 714. The second-order valence-corrected chi connectivity index (χ2v) is 7.30. The number of hydrogen-bond acceptors (Lipinski definition) is 2. The first-order valence-electron chi connectivity index (χ1n) is 9.39. The van der Waals surface area contributed by atoms with Gasteiger partial charge in [-0.25, -0.2) is 0 Å². The van der Waals surface area contributed by atoms with Gasteiger partial charge in [-0.15, -0.1) is 0 Å². The SMILES string of the molecule is Cc1nn(C)c(C)c1CC(=O)NC(c1ccccc1)C1CCCCC1. The van der Waals surface area contributed by atoms with Crippen molar-refractivity contribution < 1.29 is 4.79 Å². The number of amides is 1. The fraction of sp³-hybridized carbons (Fsp3) is 0.524. The van der Waals surface area contributed by atoms with E-state index in [1.165, 1.54) is 37.7 Å². The van der Waals surface area contributed by atoms with Gasteiger partial charge in [-0.1, -0.05) is 49.6 Å². The molecule has 1 heterocycles. The van der Waals surface area contributed by atoms with Gasteiger partial charge in [0.05, 0.1) is 18.2 Å². The van der Waals surface area contributed by atoms with Crippen LogP contribution in [-0.2, 0) is 18.3 Å². The van der Waals surface area contributed by atoms with Crippen molar-refractivity contribution in [3.05, 3.63) is 52.8 Å². The minimum Gasteiger partial charge on any atom is -0.349 e. The third-order valence-electron chi connectivity index (χ3n) is 5.59. The summed E-state index contributed by atoms with van der Waals surface area (Å²) in [4.78, 5) is 12.8. The molecule has 4 heteroatoms. The second kappa shape index (κ2) is 7.85. The zero-order chi connectivity index (χ0) is 17.8. The van der Waals surface area contributed by atoms with Crippen LogP contribution in [0.4, 0.5) is 0 Å². The number of rotatable bonds is 5. The van der Waals surface area contributed by atoms with Crippen LogP contribution in [0.5, 0.6) is 0 Å². The highest BCUT2D eigenvalue weighted by molar-refractivity contribution is 5.79. The third kappa shape index (κ3) is 4.12. The molecule has 1 aromatic heterocycles. The van der Waals surface area contributed by atoms with Crippen molar-refractivity contribution >= 4 is 5.91 Å². The molecule has 3 rings (SSSR count). The van der Waals surface area contributed by atoms with Crippen molar-refractivity contribution in [2.45, 2.75) is 58.4 Å². The van der Waals surface area contributed by atoms with Gasteiger partial charge in [0, 0.05) is 18.3 Å². The molecule has 0 aliphatic heterocycles. The van der Waals surface area contributed by atoms with E-state index in [1.807, 2.05) is 31.6 Å². The molecule has 1 saturated carbocycles. The summed E-state index contributed by atoms with van der Waals surface area (Å²) in [5.74, 6) is 0.634. The summed E-state index contributed by atoms with van der Waals surface area (Å²) < 4.78 is 1.85. The Morgan fingerprint density at radius 1 is 1.20 bits per heavy atom. The molecule has 0 radical (unpaired) electrons. The van der Waals surface area contributed by atoms with Crippen molar-refractivity contribution in [3.8, 4) is 0 Å². The van der Waals surface area contributed by atoms with Crippen LogP contribution >= 0.6 is 0 Å². The van der Waals surface area contributed by atoms with Gasteiger partial charge in [0.1, 0.15) is 0 Å². The first-order chi connectivity index (χ1) is 12.1. The summed E-state index contributed by atoms with van der Waals surface area (Å²) in [6.07, 6.45) is 6.66. The molecule has 1 aromatic carbocycles. The summed E-state index contributed by atoms with van der Waals surface area (Å²) in [6.45, 7) is 4.00. The first kappa shape index (κ1) is 17.7. The van der Waals surface area contributed by atoms with Crippen LogP contribution in [0.3, 0.4) is 0 Å². The van der Waals surface area contributed by atoms with Crippen LogP contribution in [0.2, 0.25) is 0 Å². The average molecular weight is 339 g/mol. The monoisotopic (exact) mass is 339 g/mol. The van der Waals surface area contributed by atoms with E-state index in [4.69, 9.17) is 0 Å². The lowest BCUT2D eigenvalue weighted by atomic mass is 9.81. The molecule has 0 saturated heterocycles. The normalized spacial score (nSPS) is 16.6. The molecular formula is C21H29N3O. The van der Waals surface area contributed by atoms with Gasteiger partial charge in [-0.05, 0) is 38.2 Å². The van der Waals surface area contributed by atoms with E-state index in [9.17, 15) is 4.79 Å². The van der Waals surface area contributed by atoms with E-state index < -0.39 is 0 Å². The summed E-state index contributed by atoms with van der Waals surface area (Å²) in [6, 6.07) is 10.6. The lowest BCUT2D eigenvalue weighted by molar-refractivity contribution is -0.121. The summed E-state index contributed by atoms with van der Waals surface area (Å²) in [5, 5.41) is 7.77. The maximum absolute atomic E-state index is 12.8. The maximum Gasteiger partial charge on any atom is 0.225 e. The number of nitrogens with one attached hydrogen (secondary N) is 1. The van der Waals surface area contributed by atoms with E-state index in [2.05, 4.69) is 34.7 Å². The molecule has 1 unspecified atom stereocenters. The topological polar surface area (TPSA) is 46.9 Å². The van der Waals surface area contributed by atoms with Crippen LogP contribution in [0.1, 0.15) is 60.7 Å². The molecule has 134 valence electrons. The number of aromatic nitrogens is 2. The predicted octanol–water partition coefficient (Wildman–Crippen LogP) is 4.02. The van der Waals surface area contributed by atoms with Crippen LogP contribution in [-0.4, -0.2) is 15.7 Å². The minimum atomic E-state index is 0.0960. The summed E-state index contributed by atoms with van der Waals surface area (Å²) in [5.41, 5.74) is 4.29. The highest BCUT2D eigenvalue weighted by Crippen LogP contribution is 2.34. The van der Waals surface area contributed by atoms with Crippen molar-refractivity contribution in [3.63, 3.8) is 0 Å². The number of aryl methyl sites for hydroxylation is 2. The van der Waals surface area contributed by atoms with E-state index in [-0.39, 0.29) is 11.9 Å². The zero-order valence-electron chi connectivity index (χ0n) is 15.6. The Kier molecular flexibility index (Phi) is 5.57. The largest absolute Gasteiger partial charge is 0.349 e. The molecule has 25 heavy (non-hydrogen) atoms. The van der Waals surface area contributed by atoms with Gasteiger partial charge in [-0.3, -0.25) is 9.48 Å². The second-order valence-electron chi connectivity index (χ2n) is 7.30. The van der Waals surface area contributed by atoms with E-state index in [0.29, 0.717) is 12.3 Å².